The molecular formula is C15H18BrN. The fourth-order valence-electron chi connectivity index (χ4n) is 3.38. The first-order valence-corrected chi connectivity index (χ1v) is 7.16. The van der Waals surface area contributed by atoms with Gasteiger partial charge in [-0.05, 0) is 54.9 Å². The van der Waals surface area contributed by atoms with Gasteiger partial charge in [-0.3, -0.25) is 0 Å². The number of aromatic amines is 1. The molecule has 2 atom stereocenters. The summed E-state index contributed by atoms with van der Waals surface area (Å²) in [7, 11) is 0. The molecule has 0 radical (unpaired) electrons. The van der Waals surface area contributed by atoms with E-state index < -0.39 is 0 Å². The summed E-state index contributed by atoms with van der Waals surface area (Å²) in [6, 6.07) is 4.46. The minimum absolute atomic E-state index is 0.677. The van der Waals surface area contributed by atoms with E-state index in [0.29, 0.717) is 5.92 Å². The maximum Gasteiger partial charge on any atom is 0.0489 e. The zero-order valence-corrected chi connectivity index (χ0v) is 12.2. The molecule has 0 bridgehead atoms. The highest BCUT2D eigenvalue weighted by Gasteiger charge is 2.25. The molecule has 2 unspecified atom stereocenters. The Kier molecular flexibility index (Phi) is 2.58. The van der Waals surface area contributed by atoms with Gasteiger partial charge < -0.3 is 4.98 Å². The van der Waals surface area contributed by atoms with E-state index >= 15 is 0 Å². The van der Waals surface area contributed by atoms with Crippen LogP contribution in [0, 0.1) is 12.8 Å². The predicted octanol–water partition coefficient (Wildman–Crippen LogP) is 4.92. The molecule has 90 valence electrons. The van der Waals surface area contributed by atoms with Crippen LogP contribution < -0.4 is 0 Å². The third kappa shape index (κ3) is 1.74. The third-order valence-corrected chi connectivity index (χ3v) is 4.45. The number of hydrogen-bond donors (Lipinski definition) is 1. The van der Waals surface area contributed by atoms with Gasteiger partial charge in [0.25, 0.3) is 0 Å². The molecule has 0 saturated carbocycles. The van der Waals surface area contributed by atoms with Gasteiger partial charge in [0.05, 0.1) is 0 Å². The summed E-state index contributed by atoms with van der Waals surface area (Å²) in [5.41, 5.74) is 5.69. The van der Waals surface area contributed by atoms with Crippen LogP contribution in [-0.2, 0) is 6.42 Å². The van der Waals surface area contributed by atoms with Crippen molar-refractivity contribution in [3.63, 3.8) is 0 Å². The van der Waals surface area contributed by atoms with Crippen LogP contribution in [0.2, 0.25) is 0 Å². The van der Waals surface area contributed by atoms with Crippen LogP contribution in [0.3, 0.4) is 0 Å². The van der Waals surface area contributed by atoms with E-state index in [1.165, 1.54) is 39.5 Å². The second-order valence-electron chi connectivity index (χ2n) is 5.61. The number of nitrogens with one attached hydrogen (secondary N) is 1. The Morgan fingerprint density at radius 2 is 2.06 bits per heavy atom. The van der Waals surface area contributed by atoms with Crippen LogP contribution in [0.15, 0.2) is 16.6 Å². The van der Waals surface area contributed by atoms with Crippen LogP contribution in [0.4, 0.5) is 0 Å². The number of halogens is 1. The Morgan fingerprint density at radius 3 is 2.82 bits per heavy atom. The molecular weight excluding hydrogens is 274 g/mol. The van der Waals surface area contributed by atoms with Gasteiger partial charge in [-0.1, -0.05) is 29.8 Å². The lowest BCUT2D eigenvalue weighted by Gasteiger charge is -2.24. The quantitative estimate of drug-likeness (QED) is 0.709. The van der Waals surface area contributed by atoms with Crippen molar-refractivity contribution in [2.24, 2.45) is 5.92 Å². The summed E-state index contributed by atoms with van der Waals surface area (Å²) in [5, 5.41) is 1.42. The number of rotatable bonds is 0. The molecule has 1 aliphatic carbocycles. The average molecular weight is 292 g/mol. The molecule has 2 aromatic rings. The number of H-pyrrole nitrogens is 1. The van der Waals surface area contributed by atoms with Crippen LogP contribution >= 0.6 is 15.9 Å². The fourth-order valence-corrected chi connectivity index (χ4v) is 3.95. The second-order valence-corrected chi connectivity index (χ2v) is 6.52. The van der Waals surface area contributed by atoms with Crippen molar-refractivity contribution < 1.29 is 0 Å². The van der Waals surface area contributed by atoms with Crippen molar-refractivity contribution >= 4 is 26.8 Å². The van der Waals surface area contributed by atoms with E-state index in [2.05, 4.69) is 53.8 Å². The van der Waals surface area contributed by atoms with Gasteiger partial charge in [0, 0.05) is 21.1 Å². The van der Waals surface area contributed by atoms with Crippen molar-refractivity contribution in [2.75, 3.05) is 0 Å². The Labute approximate surface area is 111 Å². The SMILES string of the molecule is Cc1cc(Br)cc2c3c([nH]c12)CC(C)CC3C. The fraction of sp³-hybridized carbons (Fsp3) is 0.467. The first-order valence-electron chi connectivity index (χ1n) is 6.37. The van der Waals surface area contributed by atoms with Gasteiger partial charge in [0.1, 0.15) is 0 Å². The zero-order valence-electron chi connectivity index (χ0n) is 10.6. The lowest BCUT2D eigenvalue weighted by Crippen LogP contribution is -2.13. The molecule has 1 heterocycles. The third-order valence-electron chi connectivity index (χ3n) is 3.99. The molecule has 0 amide bonds. The Morgan fingerprint density at radius 1 is 1.29 bits per heavy atom. The molecule has 0 aliphatic heterocycles. The summed E-state index contributed by atoms with van der Waals surface area (Å²) in [6.45, 7) is 6.90. The molecule has 3 rings (SSSR count). The van der Waals surface area contributed by atoms with Crippen molar-refractivity contribution in [3.05, 3.63) is 33.4 Å². The smallest absolute Gasteiger partial charge is 0.0489 e. The van der Waals surface area contributed by atoms with Crippen molar-refractivity contribution in [1.82, 2.24) is 4.98 Å². The Balaban J connectivity index is 2.32. The molecule has 0 spiro atoms. The maximum absolute atomic E-state index is 3.65. The molecule has 0 saturated heterocycles. The summed E-state index contributed by atoms with van der Waals surface area (Å²) >= 11 is 3.61. The van der Waals surface area contributed by atoms with Gasteiger partial charge in [-0.2, -0.15) is 0 Å². The molecule has 1 aliphatic rings. The van der Waals surface area contributed by atoms with Gasteiger partial charge in [-0.15, -0.1) is 0 Å². The highest BCUT2D eigenvalue weighted by molar-refractivity contribution is 9.10. The largest absolute Gasteiger partial charge is 0.358 e. The number of benzene rings is 1. The van der Waals surface area contributed by atoms with Crippen LogP contribution in [0.1, 0.15) is 43.0 Å². The molecule has 17 heavy (non-hydrogen) atoms. The highest BCUT2D eigenvalue weighted by atomic mass is 79.9. The summed E-state index contributed by atoms with van der Waals surface area (Å²) in [5.74, 6) is 1.48. The second kappa shape index (κ2) is 3.88. The van der Waals surface area contributed by atoms with Crippen LogP contribution in [0.5, 0.6) is 0 Å². The number of fused-ring (bicyclic) bond motifs is 3. The number of aryl methyl sites for hydroxylation is 1. The standard InChI is InChI=1S/C15H18BrN/c1-8-4-9(2)14-12-7-11(16)6-10(3)15(12)17-13(14)5-8/h6-9,17H,4-5H2,1-3H3. The van der Waals surface area contributed by atoms with E-state index in [9.17, 15) is 0 Å². The maximum atomic E-state index is 3.65. The summed E-state index contributed by atoms with van der Waals surface area (Å²) in [6.07, 6.45) is 2.51. The minimum Gasteiger partial charge on any atom is -0.358 e. The molecule has 1 nitrogen and oxygen atoms in total. The Hall–Kier alpha value is -0.760. The minimum atomic E-state index is 0.677. The molecule has 1 aromatic heterocycles. The average Bonchev–Trinajstić information content (AvgIpc) is 2.56. The van der Waals surface area contributed by atoms with Gasteiger partial charge >= 0.3 is 0 Å². The molecule has 2 heteroatoms. The van der Waals surface area contributed by atoms with E-state index in [0.717, 1.165) is 5.92 Å². The number of hydrogen-bond acceptors (Lipinski definition) is 0. The van der Waals surface area contributed by atoms with Crippen molar-refractivity contribution in [2.45, 2.75) is 39.5 Å². The molecule has 0 fully saturated rings. The highest BCUT2D eigenvalue weighted by Crippen LogP contribution is 2.40. The van der Waals surface area contributed by atoms with E-state index in [4.69, 9.17) is 0 Å². The molecule has 1 aromatic carbocycles. The van der Waals surface area contributed by atoms with Crippen LogP contribution in [-0.4, -0.2) is 4.98 Å². The lowest BCUT2D eigenvalue weighted by atomic mass is 9.81. The van der Waals surface area contributed by atoms with E-state index in [1.807, 2.05) is 0 Å². The first kappa shape index (κ1) is 11.3. The predicted molar refractivity (Wildman–Crippen MR) is 76.6 cm³/mol. The van der Waals surface area contributed by atoms with Crippen molar-refractivity contribution in [1.29, 1.82) is 0 Å². The zero-order chi connectivity index (χ0) is 12.2. The van der Waals surface area contributed by atoms with Crippen LogP contribution in [0.25, 0.3) is 10.9 Å². The van der Waals surface area contributed by atoms with E-state index in [-0.39, 0.29) is 0 Å². The van der Waals surface area contributed by atoms with Gasteiger partial charge in [-0.25, -0.2) is 0 Å². The summed E-state index contributed by atoms with van der Waals surface area (Å²) < 4.78 is 1.19. The lowest BCUT2D eigenvalue weighted by molar-refractivity contribution is 0.448. The van der Waals surface area contributed by atoms with Gasteiger partial charge in [0.15, 0.2) is 0 Å². The van der Waals surface area contributed by atoms with Gasteiger partial charge in [0.2, 0.25) is 0 Å². The Bertz CT molecular complexity index is 582. The number of aromatic nitrogens is 1. The topological polar surface area (TPSA) is 15.8 Å². The normalized spacial score (nSPS) is 24.0. The monoisotopic (exact) mass is 291 g/mol. The first-order chi connectivity index (χ1) is 8.06. The van der Waals surface area contributed by atoms with Crippen molar-refractivity contribution in [3.8, 4) is 0 Å². The van der Waals surface area contributed by atoms with E-state index in [1.54, 1.807) is 5.56 Å². The molecule has 1 N–H and O–H groups in total. The summed E-state index contributed by atoms with van der Waals surface area (Å²) in [4.78, 5) is 3.65.